The van der Waals surface area contributed by atoms with Crippen LogP contribution in [0.4, 0.5) is 0 Å². The summed E-state index contributed by atoms with van der Waals surface area (Å²) in [5, 5.41) is 3.34. The van der Waals surface area contributed by atoms with Crippen LogP contribution in [0.3, 0.4) is 0 Å². The van der Waals surface area contributed by atoms with E-state index in [-0.39, 0.29) is 0 Å². The van der Waals surface area contributed by atoms with Crippen molar-refractivity contribution in [2.24, 2.45) is 0 Å². The lowest BCUT2D eigenvalue weighted by molar-refractivity contribution is 0.105. The molecule has 2 heteroatoms. The van der Waals surface area contributed by atoms with Crippen molar-refractivity contribution in [2.45, 2.75) is 58.2 Å². The van der Waals surface area contributed by atoms with E-state index < -0.39 is 0 Å². The van der Waals surface area contributed by atoms with Gasteiger partial charge in [-0.25, -0.2) is 0 Å². The minimum absolute atomic E-state index is 0.407. The summed E-state index contributed by atoms with van der Waals surface area (Å²) < 4.78 is 0. The van der Waals surface area contributed by atoms with Crippen LogP contribution in [0.15, 0.2) is 0 Å². The summed E-state index contributed by atoms with van der Waals surface area (Å²) in [6.07, 6.45) is 2.70. The van der Waals surface area contributed by atoms with Gasteiger partial charge in [0, 0.05) is 17.6 Å². The largest absolute Gasteiger partial charge is 0.316 e. The van der Waals surface area contributed by atoms with Crippen molar-refractivity contribution in [3.05, 3.63) is 0 Å². The zero-order chi connectivity index (χ0) is 10.1. The molecule has 2 atom stereocenters. The fourth-order valence-corrected chi connectivity index (χ4v) is 2.39. The highest BCUT2D eigenvalue weighted by molar-refractivity contribution is 4.93. The molecule has 2 nitrogen and oxygen atoms in total. The third-order valence-corrected chi connectivity index (χ3v) is 3.64. The molecule has 0 spiro atoms. The van der Waals surface area contributed by atoms with Gasteiger partial charge in [0.05, 0.1) is 0 Å². The maximum absolute atomic E-state index is 3.34. The number of nitrogens with zero attached hydrogens (tertiary/aromatic N) is 1. The van der Waals surface area contributed by atoms with E-state index in [2.05, 4.69) is 37.9 Å². The Kier molecular flexibility index (Phi) is 3.36. The highest BCUT2D eigenvalue weighted by Gasteiger charge is 2.36. The Labute approximate surface area is 82.7 Å². The van der Waals surface area contributed by atoms with Gasteiger partial charge in [-0.2, -0.15) is 0 Å². The highest BCUT2D eigenvalue weighted by atomic mass is 15.2. The van der Waals surface area contributed by atoms with Gasteiger partial charge in [-0.05, 0) is 54.1 Å². The van der Waals surface area contributed by atoms with Gasteiger partial charge in [0.15, 0.2) is 0 Å². The van der Waals surface area contributed by atoms with Crippen molar-refractivity contribution < 1.29 is 0 Å². The summed E-state index contributed by atoms with van der Waals surface area (Å²) in [7, 11) is 2.05. The Hall–Kier alpha value is -0.0800. The third kappa shape index (κ3) is 2.23. The Morgan fingerprint density at radius 2 is 1.92 bits per heavy atom. The SMILES string of the molecule is CNC(C)C(C)N1CCCC1(C)C. The number of likely N-dealkylation sites (tertiary alicyclic amines) is 1. The molecule has 1 saturated heterocycles. The molecule has 0 aromatic rings. The van der Waals surface area contributed by atoms with E-state index in [0.717, 1.165) is 0 Å². The van der Waals surface area contributed by atoms with Crippen LogP contribution in [0.25, 0.3) is 0 Å². The van der Waals surface area contributed by atoms with Gasteiger partial charge in [-0.15, -0.1) is 0 Å². The molecular formula is C11H24N2. The molecule has 1 N–H and O–H groups in total. The van der Waals surface area contributed by atoms with Crippen molar-refractivity contribution in [3.8, 4) is 0 Å². The van der Waals surface area contributed by atoms with Crippen molar-refractivity contribution in [2.75, 3.05) is 13.6 Å². The summed E-state index contributed by atoms with van der Waals surface area (Å²) in [5.74, 6) is 0. The molecule has 13 heavy (non-hydrogen) atoms. The predicted molar refractivity (Wildman–Crippen MR) is 58.0 cm³/mol. The topological polar surface area (TPSA) is 15.3 Å². The lowest BCUT2D eigenvalue weighted by Crippen LogP contribution is -2.51. The Morgan fingerprint density at radius 3 is 2.31 bits per heavy atom. The van der Waals surface area contributed by atoms with E-state index in [1.165, 1.54) is 19.4 Å². The molecule has 0 radical (unpaired) electrons. The third-order valence-electron chi connectivity index (χ3n) is 3.64. The Balaban J connectivity index is 2.60. The smallest absolute Gasteiger partial charge is 0.0223 e. The molecule has 78 valence electrons. The molecule has 0 amide bonds. The lowest BCUT2D eigenvalue weighted by atomic mass is 9.99. The summed E-state index contributed by atoms with van der Waals surface area (Å²) in [5.41, 5.74) is 0.407. The van der Waals surface area contributed by atoms with Gasteiger partial charge in [0.1, 0.15) is 0 Å². The second-order valence-electron chi connectivity index (χ2n) is 4.93. The fourth-order valence-electron chi connectivity index (χ4n) is 2.39. The maximum atomic E-state index is 3.34. The highest BCUT2D eigenvalue weighted by Crippen LogP contribution is 2.30. The minimum atomic E-state index is 0.407. The molecule has 0 bridgehead atoms. The van der Waals surface area contributed by atoms with Crippen LogP contribution in [0, 0.1) is 0 Å². The lowest BCUT2D eigenvalue weighted by Gasteiger charge is -2.39. The van der Waals surface area contributed by atoms with Crippen molar-refractivity contribution in [1.82, 2.24) is 10.2 Å². The maximum Gasteiger partial charge on any atom is 0.0223 e. The van der Waals surface area contributed by atoms with Crippen molar-refractivity contribution >= 4 is 0 Å². The Morgan fingerprint density at radius 1 is 1.31 bits per heavy atom. The zero-order valence-electron chi connectivity index (χ0n) is 9.72. The van der Waals surface area contributed by atoms with E-state index in [1.807, 2.05) is 7.05 Å². The first-order valence-corrected chi connectivity index (χ1v) is 5.43. The average molecular weight is 184 g/mol. The first-order chi connectivity index (χ1) is 5.99. The number of hydrogen-bond acceptors (Lipinski definition) is 2. The van der Waals surface area contributed by atoms with Crippen LogP contribution < -0.4 is 5.32 Å². The molecule has 0 aliphatic carbocycles. The molecule has 1 aliphatic rings. The number of rotatable bonds is 3. The molecule has 0 saturated carbocycles. The van der Waals surface area contributed by atoms with Crippen LogP contribution in [-0.2, 0) is 0 Å². The minimum Gasteiger partial charge on any atom is -0.316 e. The van der Waals surface area contributed by atoms with Crippen LogP contribution >= 0.6 is 0 Å². The molecule has 1 aliphatic heterocycles. The van der Waals surface area contributed by atoms with Crippen LogP contribution in [0.5, 0.6) is 0 Å². The van der Waals surface area contributed by atoms with Crippen molar-refractivity contribution in [3.63, 3.8) is 0 Å². The second-order valence-corrected chi connectivity index (χ2v) is 4.93. The molecule has 2 unspecified atom stereocenters. The number of likely N-dealkylation sites (N-methyl/N-ethyl adjacent to an activating group) is 1. The van der Waals surface area contributed by atoms with Crippen LogP contribution in [0.1, 0.15) is 40.5 Å². The van der Waals surface area contributed by atoms with E-state index in [0.29, 0.717) is 17.6 Å². The molecular weight excluding hydrogens is 160 g/mol. The van der Waals surface area contributed by atoms with E-state index >= 15 is 0 Å². The van der Waals surface area contributed by atoms with Gasteiger partial charge < -0.3 is 5.32 Å². The van der Waals surface area contributed by atoms with Gasteiger partial charge in [-0.1, -0.05) is 0 Å². The van der Waals surface area contributed by atoms with E-state index in [4.69, 9.17) is 0 Å². The molecule has 1 fully saturated rings. The number of nitrogens with one attached hydrogen (secondary N) is 1. The monoisotopic (exact) mass is 184 g/mol. The molecule has 0 aromatic carbocycles. The van der Waals surface area contributed by atoms with E-state index in [1.54, 1.807) is 0 Å². The normalized spacial score (nSPS) is 27.5. The van der Waals surface area contributed by atoms with Gasteiger partial charge in [0.2, 0.25) is 0 Å². The number of hydrogen-bond donors (Lipinski definition) is 1. The first-order valence-electron chi connectivity index (χ1n) is 5.43. The van der Waals surface area contributed by atoms with Crippen LogP contribution in [0.2, 0.25) is 0 Å². The summed E-state index contributed by atoms with van der Waals surface area (Å²) in [4.78, 5) is 2.63. The molecule has 0 aromatic heterocycles. The Bertz CT molecular complexity index is 165. The fraction of sp³-hybridized carbons (Fsp3) is 1.00. The molecule has 1 heterocycles. The summed E-state index contributed by atoms with van der Waals surface area (Å²) in [6.45, 7) is 10.6. The van der Waals surface area contributed by atoms with Crippen LogP contribution in [-0.4, -0.2) is 36.1 Å². The average Bonchev–Trinajstić information content (AvgIpc) is 2.42. The quantitative estimate of drug-likeness (QED) is 0.720. The second kappa shape index (κ2) is 3.97. The summed E-state index contributed by atoms with van der Waals surface area (Å²) in [6, 6.07) is 1.22. The van der Waals surface area contributed by atoms with Gasteiger partial charge >= 0.3 is 0 Å². The van der Waals surface area contributed by atoms with Gasteiger partial charge in [0.25, 0.3) is 0 Å². The standard InChI is InChI=1S/C11H24N2/c1-9(12-5)10(2)13-8-6-7-11(13,3)4/h9-10,12H,6-8H2,1-5H3. The van der Waals surface area contributed by atoms with Crippen molar-refractivity contribution in [1.29, 1.82) is 0 Å². The first kappa shape index (κ1) is 11.0. The van der Waals surface area contributed by atoms with E-state index in [9.17, 15) is 0 Å². The van der Waals surface area contributed by atoms with Gasteiger partial charge in [-0.3, -0.25) is 4.90 Å². The predicted octanol–water partition coefficient (Wildman–Crippen LogP) is 1.86. The zero-order valence-corrected chi connectivity index (χ0v) is 9.72. The summed E-state index contributed by atoms with van der Waals surface area (Å²) >= 11 is 0. The molecule has 1 rings (SSSR count).